The zero-order valence-electron chi connectivity index (χ0n) is 25.5. The molecule has 3 aromatic carbocycles. The third-order valence-corrected chi connectivity index (χ3v) is 7.72. The highest BCUT2D eigenvalue weighted by Crippen LogP contribution is 2.41. The fourth-order valence-electron chi connectivity index (χ4n) is 5.76. The van der Waals surface area contributed by atoms with Gasteiger partial charge in [-0.1, -0.05) is 78.9 Å². The Kier molecular flexibility index (Phi) is 9.35. The van der Waals surface area contributed by atoms with Crippen molar-refractivity contribution in [1.29, 1.82) is 0 Å². The number of aromatic amines is 1. The monoisotopic (exact) mass is 597 g/mol. The number of benzene rings is 3. The first-order valence-electron chi connectivity index (χ1n) is 14.8. The molecule has 9 nitrogen and oxygen atoms in total. The van der Waals surface area contributed by atoms with Gasteiger partial charge in [0.1, 0.15) is 24.3 Å². The molecule has 9 heteroatoms. The van der Waals surface area contributed by atoms with Crippen LogP contribution < -0.4 is 5.32 Å². The topological polar surface area (TPSA) is 110 Å². The smallest absolute Gasteiger partial charge is 0.408 e. The average molecular weight is 598 g/mol. The minimum atomic E-state index is -1.08. The van der Waals surface area contributed by atoms with Crippen molar-refractivity contribution in [2.24, 2.45) is 0 Å². The number of hydrogen-bond acceptors (Lipinski definition) is 7. The normalized spacial score (nSPS) is 17.4. The second-order valence-electron chi connectivity index (χ2n) is 12.0. The van der Waals surface area contributed by atoms with Crippen LogP contribution in [0.25, 0.3) is 10.9 Å². The number of carbonyl (C=O) groups excluding carboxylic acids is 3. The largest absolute Gasteiger partial charge is 0.468 e. The number of H-pyrrole nitrogens is 1. The van der Waals surface area contributed by atoms with Gasteiger partial charge in [0.2, 0.25) is 0 Å². The minimum absolute atomic E-state index is 0.0486. The molecule has 0 saturated carbocycles. The van der Waals surface area contributed by atoms with Crippen molar-refractivity contribution in [3.63, 3.8) is 0 Å². The highest BCUT2D eigenvalue weighted by atomic mass is 16.6. The standard InChI is InChI=1S/C35H39N3O6/c1-35(2,3)44-34(41)37-28(32(39)43-22-24-15-9-6-10-16-24)20-29-31-26(25-17-11-12-18-27(25)36-31)19-30(33(40)42-4)38(29)21-23-13-7-5-8-14-23/h5-18,28-30,36H,19-22H2,1-4H3,(H,37,41)/t28-,29+,30-/m1/s1. The van der Waals surface area contributed by atoms with Crippen LogP contribution in [0.4, 0.5) is 4.79 Å². The number of amides is 1. The van der Waals surface area contributed by atoms with Crippen LogP contribution >= 0.6 is 0 Å². The number of nitrogens with zero attached hydrogens (tertiary/aromatic N) is 1. The van der Waals surface area contributed by atoms with E-state index in [0.717, 1.165) is 33.3 Å². The number of esters is 2. The predicted molar refractivity (Wildman–Crippen MR) is 167 cm³/mol. The molecule has 2 heterocycles. The molecule has 0 bridgehead atoms. The Morgan fingerprint density at radius 2 is 1.57 bits per heavy atom. The number of aromatic nitrogens is 1. The third-order valence-electron chi connectivity index (χ3n) is 7.72. The highest BCUT2D eigenvalue weighted by Gasteiger charge is 2.43. The Bertz CT molecular complexity index is 1600. The molecule has 3 atom stereocenters. The van der Waals surface area contributed by atoms with Crippen molar-refractivity contribution in [3.8, 4) is 0 Å². The Morgan fingerprint density at radius 1 is 0.932 bits per heavy atom. The van der Waals surface area contributed by atoms with Gasteiger partial charge in [0.15, 0.2) is 0 Å². The SMILES string of the molecule is COC(=O)[C@H]1Cc2c([nH]c3ccccc23)[C@H](C[C@@H](NC(=O)OC(C)(C)C)C(=O)OCc2ccccc2)N1Cc1ccccc1. The van der Waals surface area contributed by atoms with E-state index in [1.54, 1.807) is 20.8 Å². The Morgan fingerprint density at radius 3 is 2.23 bits per heavy atom. The molecule has 0 aliphatic carbocycles. The fourth-order valence-corrected chi connectivity index (χ4v) is 5.76. The second kappa shape index (κ2) is 13.3. The van der Waals surface area contributed by atoms with Crippen LogP contribution in [-0.4, -0.2) is 52.7 Å². The Labute approximate surface area is 257 Å². The molecule has 1 aliphatic heterocycles. The van der Waals surface area contributed by atoms with E-state index in [2.05, 4.69) is 10.3 Å². The maximum atomic E-state index is 13.7. The summed E-state index contributed by atoms with van der Waals surface area (Å²) in [7, 11) is 1.39. The number of alkyl carbamates (subject to hydrolysis) is 1. The van der Waals surface area contributed by atoms with Crippen molar-refractivity contribution in [2.45, 2.75) is 70.5 Å². The van der Waals surface area contributed by atoms with E-state index in [1.165, 1.54) is 7.11 Å². The summed E-state index contributed by atoms with van der Waals surface area (Å²) in [4.78, 5) is 45.7. The summed E-state index contributed by atoms with van der Waals surface area (Å²) in [5.74, 6) is -0.970. The number of carbonyl (C=O) groups is 3. The van der Waals surface area contributed by atoms with E-state index in [1.807, 2.05) is 89.8 Å². The number of ether oxygens (including phenoxy) is 3. The number of methoxy groups -OCH3 is 1. The third kappa shape index (κ3) is 7.29. The zero-order chi connectivity index (χ0) is 31.3. The van der Waals surface area contributed by atoms with Gasteiger partial charge in [0, 0.05) is 29.6 Å². The molecule has 2 N–H and O–H groups in total. The molecule has 44 heavy (non-hydrogen) atoms. The molecule has 4 aromatic rings. The van der Waals surface area contributed by atoms with E-state index in [-0.39, 0.29) is 19.0 Å². The van der Waals surface area contributed by atoms with Gasteiger partial charge in [-0.05, 0) is 49.9 Å². The summed E-state index contributed by atoms with van der Waals surface area (Å²) < 4.78 is 16.6. The van der Waals surface area contributed by atoms with Crippen molar-refractivity contribution in [2.75, 3.05) is 7.11 Å². The molecular formula is C35H39N3O6. The molecular weight excluding hydrogens is 558 g/mol. The first kappa shape index (κ1) is 30.8. The maximum Gasteiger partial charge on any atom is 0.408 e. The van der Waals surface area contributed by atoms with Crippen molar-refractivity contribution >= 4 is 28.9 Å². The highest BCUT2D eigenvalue weighted by molar-refractivity contribution is 5.87. The van der Waals surface area contributed by atoms with Gasteiger partial charge in [0.25, 0.3) is 0 Å². The first-order chi connectivity index (χ1) is 21.1. The number of rotatable bonds is 9. The van der Waals surface area contributed by atoms with E-state index in [0.29, 0.717) is 13.0 Å². The van der Waals surface area contributed by atoms with Crippen LogP contribution in [0.2, 0.25) is 0 Å². The lowest BCUT2D eigenvalue weighted by atomic mass is 9.88. The lowest BCUT2D eigenvalue weighted by molar-refractivity contribution is -0.150. The van der Waals surface area contributed by atoms with Gasteiger partial charge < -0.3 is 24.5 Å². The quantitative estimate of drug-likeness (QED) is 0.184. The van der Waals surface area contributed by atoms with E-state index in [9.17, 15) is 14.4 Å². The van der Waals surface area contributed by atoms with Crippen molar-refractivity contribution in [3.05, 3.63) is 107 Å². The fraction of sp³-hybridized carbons (Fsp3) is 0.343. The summed E-state index contributed by atoms with van der Waals surface area (Å²) in [6.45, 7) is 5.74. The summed E-state index contributed by atoms with van der Waals surface area (Å²) in [5, 5.41) is 3.78. The van der Waals surface area contributed by atoms with Crippen molar-refractivity contribution in [1.82, 2.24) is 15.2 Å². The second-order valence-corrected chi connectivity index (χ2v) is 12.0. The number of para-hydroxylation sites is 1. The molecule has 0 saturated heterocycles. The number of nitrogens with one attached hydrogen (secondary N) is 2. The number of hydrogen-bond donors (Lipinski definition) is 2. The predicted octanol–water partition coefficient (Wildman–Crippen LogP) is 5.84. The van der Waals surface area contributed by atoms with Gasteiger partial charge >= 0.3 is 18.0 Å². The molecule has 1 amide bonds. The van der Waals surface area contributed by atoms with Crippen LogP contribution in [0.1, 0.15) is 55.6 Å². The molecule has 5 rings (SSSR count). The molecule has 0 unspecified atom stereocenters. The van der Waals surface area contributed by atoms with Gasteiger partial charge in [-0.3, -0.25) is 9.69 Å². The summed E-state index contributed by atoms with van der Waals surface area (Å²) >= 11 is 0. The summed E-state index contributed by atoms with van der Waals surface area (Å²) in [5.41, 5.74) is 3.84. The lowest BCUT2D eigenvalue weighted by Crippen LogP contribution is -2.52. The number of fused-ring (bicyclic) bond motifs is 3. The van der Waals surface area contributed by atoms with Gasteiger partial charge in [0.05, 0.1) is 13.2 Å². The van der Waals surface area contributed by atoms with E-state index < -0.39 is 35.8 Å². The first-order valence-corrected chi connectivity index (χ1v) is 14.8. The van der Waals surface area contributed by atoms with Crippen molar-refractivity contribution < 1.29 is 28.6 Å². The van der Waals surface area contributed by atoms with Crippen LogP contribution in [0.15, 0.2) is 84.9 Å². The molecule has 230 valence electrons. The molecule has 0 fully saturated rings. The van der Waals surface area contributed by atoms with Crippen LogP contribution in [0, 0.1) is 0 Å². The Balaban J connectivity index is 1.55. The summed E-state index contributed by atoms with van der Waals surface area (Å²) in [6, 6.07) is 24.9. The van der Waals surface area contributed by atoms with Crippen LogP contribution in [0.3, 0.4) is 0 Å². The molecule has 1 aliphatic rings. The van der Waals surface area contributed by atoms with Crippen LogP contribution in [0.5, 0.6) is 0 Å². The molecule has 1 aromatic heterocycles. The summed E-state index contributed by atoms with van der Waals surface area (Å²) in [6.07, 6.45) is -0.184. The average Bonchev–Trinajstić information content (AvgIpc) is 3.38. The van der Waals surface area contributed by atoms with Crippen LogP contribution in [-0.2, 0) is 43.4 Å². The van der Waals surface area contributed by atoms with E-state index in [4.69, 9.17) is 14.2 Å². The minimum Gasteiger partial charge on any atom is -0.468 e. The zero-order valence-corrected chi connectivity index (χ0v) is 25.5. The molecule has 0 radical (unpaired) electrons. The molecule has 0 spiro atoms. The van der Waals surface area contributed by atoms with E-state index >= 15 is 0 Å². The lowest BCUT2D eigenvalue weighted by Gasteiger charge is -2.41. The van der Waals surface area contributed by atoms with Gasteiger partial charge in [-0.15, -0.1) is 0 Å². The van der Waals surface area contributed by atoms with Gasteiger partial charge in [-0.2, -0.15) is 0 Å². The Hall–Kier alpha value is -4.63. The van der Waals surface area contributed by atoms with Gasteiger partial charge in [-0.25, -0.2) is 9.59 Å². The maximum absolute atomic E-state index is 13.7.